The smallest absolute Gasteiger partial charge is 0.308 e. The highest BCUT2D eigenvalue weighted by Crippen LogP contribution is 2.26. The molecular formula is C14H16N4O3S. The standard InChI is InChI=1S/C14H16N4O3S/c19-13(15-11-5-1-4-10(11)14(20)21)12-8-18(17-16-12)7-9-3-2-6-22-9/h2-3,6,8,10-11H,1,4-5,7H2,(H,15,19)(H,20,21)/t10-,11+/m1/s1. The van der Waals surface area contributed by atoms with Crippen molar-refractivity contribution >= 4 is 23.2 Å². The highest BCUT2D eigenvalue weighted by Gasteiger charge is 2.34. The van der Waals surface area contributed by atoms with Gasteiger partial charge in [-0.25, -0.2) is 4.68 Å². The van der Waals surface area contributed by atoms with Crippen LogP contribution in [0.25, 0.3) is 0 Å². The Morgan fingerprint density at radius 1 is 1.45 bits per heavy atom. The molecule has 7 nitrogen and oxygen atoms in total. The van der Waals surface area contributed by atoms with Crippen molar-refractivity contribution in [2.24, 2.45) is 5.92 Å². The normalized spacial score (nSPS) is 20.9. The average Bonchev–Trinajstić information content (AvgIpc) is 3.19. The Morgan fingerprint density at radius 3 is 3.05 bits per heavy atom. The molecule has 1 amide bonds. The first-order chi connectivity index (χ1) is 10.6. The molecule has 22 heavy (non-hydrogen) atoms. The maximum absolute atomic E-state index is 12.2. The molecule has 0 aliphatic heterocycles. The van der Waals surface area contributed by atoms with E-state index in [-0.39, 0.29) is 17.6 Å². The molecule has 1 aliphatic carbocycles. The van der Waals surface area contributed by atoms with Gasteiger partial charge in [0.15, 0.2) is 5.69 Å². The van der Waals surface area contributed by atoms with Crippen LogP contribution in [-0.2, 0) is 11.3 Å². The van der Waals surface area contributed by atoms with Crippen LogP contribution in [0, 0.1) is 5.92 Å². The quantitative estimate of drug-likeness (QED) is 0.867. The van der Waals surface area contributed by atoms with Crippen molar-refractivity contribution in [1.82, 2.24) is 20.3 Å². The molecule has 0 bridgehead atoms. The van der Waals surface area contributed by atoms with E-state index < -0.39 is 11.9 Å². The van der Waals surface area contributed by atoms with Gasteiger partial charge < -0.3 is 10.4 Å². The number of aliphatic carboxylic acids is 1. The molecule has 0 unspecified atom stereocenters. The molecule has 2 N–H and O–H groups in total. The van der Waals surface area contributed by atoms with E-state index >= 15 is 0 Å². The minimum Gasteiger partial charge on any atom is -0.481 e. The lowest BCUT2D eigenvalue weighted by molar-refractivity contribution is -0.142. The van der Waals surface area contributed by atoms with E-state index in [0.717, 1.165) is 11.3 Å². The number of carboxylic acid groups (broad SMARTS) is 1. The molecule has 2 heterocycles. The summed E-state index contributed by atoms with van der Waals surface area (Å²) in [7, 11) is 0. The zero-order valence-corrected chi connectivity index (χ0v) is 12.6. The van der Waals surface area contributed by atoms with Gasteiger partial charge in [-0.3, -0.25) is 9.59 Å². The average molecular weight is 320 g/mol. The number of hydrogen-bond acceptors (Lipinski definition) is 5. The second-order valence-corrected chi connectivity index (χ2v) is 6.37. The minimum absolute atomic E-state index is 0.215. The third-order valence-electron chi connectivity index (χ3n) is 3.82. The van der Waals surface area contributed by atoms with Crippen molar-refractivity contribution in [3.8, 4) is 0 Å². The van der Waals surface area contributed by atoms with Gasteiger partial charge in [0.05, 0.1) is 18.7 Å². The van der Waals surface area contributed by atoms with Crippen LogP contribution in [0.5, 0.6) is 0 Å². The fraction of sp³-hybridized carbons (Fsp3) is 0.429. The largest absolute Gasteiger partial charge is 0.481 e. The number of carbonyl (C=O) groups is 2. The maximum atomic E-state index is 12.2. The number of nitrogens with zero attached hydrogens (tertiary/aromatic N) is 3. The van der Waals surface area contributed by atoms with Crippen LogP contribution in [0.3, 0.4) is 0 Å². The third-order valence-corrected chi connectivity index (χ3v) is 4.68. The molecule has 1 saturated carbocycles. The fourth-order valence-electron chi connectivity index (χ4n) is 2.71. The molecule has 0 radical (unpaired) electrons. The number of rotatable bonds is 5. The molecule has 3 rings (SSSR count). The Kier molecular flexibility index (Phi) is 4.19. The van der Waals surface area contributed by atoms with Gasteiger partial charge in [0, 0.05) is 10.9 Å². The summed E-state index contributed by atoms with van der Waals surface area (Å²) in [4.78, 5) is 24.4. The van der Waals surface area contributed by atoms with Gasteiger partial charge >= 0.3 is 5.97 Å². The minimum atomic E-state index is -0.857. The summed E-state index contributed by atoms with van der Waals surface area (Å²) in [6.45, 7) is 0.569. The van der Waals surface area contributed by atoms with Crippen LogP contribution < -0.4 is 5.32 Å². The third kappa shape index (κ3) is 3.16. The van der Waals surface area contributed by atoms with E-state index in [1.807, 2.05) is 17.5 Å². The number of amides is 1. The van der Waals surface area contributed by atoms with Gasteiger partial charge in [0.25, 0.3) is 5.91 Å². The van der Waals surface area contributed by atoms with Crippen molar-refractivity contribution in [2.75, 3.05) is 0 Å². The summed E-state index contributed by atoms with van der Waals surface area (Å²) < 4.78 is 1.60. The fourth-order valence-corrected chi connectivity index (χ4v) is 3.41. The van der Waals surface area contributed by atoms with Crippen molar-refractivity contribution in [1.29, 1.82) is 0 Å². The Morgan fingerprint density at radius 2 is 2.32 bits per heavy atom. The molecule has 0 saturated heterocycles. The van der Waals surface area contributed by atoms with Gasteiger partial charge in [0.1, 0.15) is 0 Å². The van der Waals surface area contributed by atoms with Crippen LogP contribution in [0.15, 0.2) is 23.7 Å². The summed E-state index contributed by atoms with van der Waals surface area (Å²) in [6, 6.07) is 3.62. The second kappa shape index (κ2) is 6.27. The lowest BCUT2D eigenvalue weighted by Gasteiger charge is -2.16. The predicted octanol–water partition coefficient (Wildman–Crippen LogP) is 1.37. The molecule has 1 aliphatic rings. The summed E-state index contributed by atoms with van der Waals surface area (Å²) in [5, 5.41) is 21.7. The van der Waals surface area contributed by atoms with Crippen LogP contribution in [0.4, 0.5) is 0 Å². The number of aromatic nitrogens is 3. The Balaban J connectivity index is 1.63. The summed E-state index contributed by atoms with van der Waals surface area (Å²) >= 11 is 1.61. The van der Waals surface area contributed by atoms with Crippen LogP contribution in [0.2, 0.25) is 0 Å². The molecule has 2 aromatic heterocycles. The van der Waals surface area contributed by atoms with Gasteiger partial charge in [-0.05, 0) is 24.3 Å². The van der Waals surface area contributed by atoms with Gasteiger partial charge in [0.2, 0.25) is 0 Å². The van der Waals surface area contributed by atoms with Crippen molar-refractivity contribution in [3.05, 3.63) is 34.3 Å². The van der Waals surface area contributed by atoms with Gasteiger partial charge in [-0.1, -0.05) is 17.7 Å². The summed E-state index contributed by atoms with van der Waals surface area (Å²) in [6.07, 6.45) is 3.68. The maximum Gasteiger partial charge on any atom is 0.308 e. The van der Waals surface area contributed by atoms with Crippen LogP contribution >= 0.6 is 11.3 Å². The number of nitrogens with one attached hydrogen (secondary N) is 1. The first-order valence-electron chi connectivity index (χ1n) is 7.09. The van der Waals surface area contributed by atoms with Gasteiger partial charge in [-0.2, -0.15) is 0 Å². The highest BCUT2D eigenvalue weighted by molar-refractivity contribution is 7.09. The Hall–Kier alpha value is -2.22. The highest BCUT2D eigenvalue weighted by atomic mass is 32.1. The SMILES string of the molecule is O=C(N[C@H]1CCC[C@H]1C(=O)O)c1cn(Cc2cccs2)nn1. The second-order valence-electron chi connectivity index (χ2n) is 5.34. The molecule has 116 valence electrons. The van der Waals surface area contributed by atoms with Crippen molar-refractivity contribution in [3.63, 3.8) is 0 Å². The van der Waals surface area contributed by atoms with E-state index in [9.17, 15) is 9.59 Å². The first-order valence-corrected chi connectivity index (χ1v) is 7.97. The summed E-state index contributed by atoms with van der Waals surface area (Å²) in [5.74, 6) is -1.73. The topological polar surface area (TPSA) is 97.1 Å². The molecule has 2 atom stereocenters. The van der Waals surface area contributed by atoms with Crippen molar-refractivity contribution in [2.45, 2.75) is 31.8 Å². The van der Waals surface area contributed by atoms with E-state index in [4.69, 9.17) is 5.11 Å². The molecule has 1 fully saturated rings. The lowest BCUT2D eigenvalue weighted by Crippen LogP contribution is -2.40. The lowest BCUT2D eigenvalue weighted by atomic mass is 10.0. The summed E-state index contributed by atoms with van der Waals surface area (Å²) in [5.41, 5.74) is 0.215. The van der Waals surface area contributed by atoms with E-state index in [0.29, 0.717) is 19.4 Å². The Labute approximate surface area is 131 Å². The number of carbonyl (C=O) groups excluding carboxylic acids is 1. The first kappa shape index (κ1) is 14.7. The molecule has 0 aromatic carbocycles. The van der Waals surface area contributed by atoms with Crippen LogP contribution in [0.1, 0.15) is 34.6 Å². The number of hydrogen-bond donors (Lipinski definition) is 2. The van der Waals surface area contributed by atoms with Gasteiger partial charge in [-0.15, -0.1) is 16.4 Å². The monoisotopic (exact) mass is 320 g/mol. The molecule has 2 aromatic rings. The zero-order chi connectivity index (χ0) is 15.5. The van der Waals surface area contributed by atoms with E-state index in [1.54, 1.807) is 22.2 Å². The van der Waals surface area contributed by atoms with E-state index in [1.165, 1.54) is 0 Å². The number of carboxylic acids is 1. The van der Waals surface area contributed by atoms with Crippen LogP contribution in [-0.4, -0.2) is 38.0 Å². The van der Waals surface area contributed by atoms with Crippen molar-refractivity contribution < 1.29 is 14.7 Å². The molecule has 8 heteroatoms. The molecular weight excluding hydrogens is 304 g/mol. The number of thiophene rings is 1. The Bertz CT molecular complexity index is 667. The van der Waals surface area contributed by atoms with E-state index in [2.05, 4.69) is 15.6 Å². The predicted molar refractivity (Wildman–Crippen MR) is 79.7 cm³/mol. The zero-order valence-electron chi connectivity index (χ0n) is 11.8. The molecule has 0 spiro atoms.